The fraction of sp³-hybridized carbons (Fsp3) is 0.316. The van der Waals surface area contributed by atoms with Gasteiger partial charge in [0.15, 0.2) is 5.78 Å². The number of amides is 1. The standard InChI is InChI=1S/C19H19NO4/c1-2-24-19(23)16-10-11-20(12-17(16)21)18(22)15-9-5-7-13-6-3-4-8-14(13)15/h3-9,16H,2,10-12H2,1H3. The number of rotatable bonds is 3. The molecule has 5 nitrogen and oxygen atoms in total. The Labute approximate surface area is 140 Å². The van der Waals surface area contributed by atoms with Crippen LogP contribution in [0.5, 0.6) is 0 Å². The lowest BCUT2D eigenvalue weighted by molar-refractivity contribution is -0.153. The lowest BCUT2D eigenvalue weighted by Crippen LogP contribution is -2.46. The van der Waals surface area contributed by atoms with E-state index in [1.807, 2.05) is 36.4 Å². The number of hydrogen-bond acceptors (Lipinski definition) is 4. The van der Waals surface area contributed by atoms with E-state index in [9.17, 15) is 14.4 Å². The smallest absolute Gasteiger partial charge is 0.316 e. The zero-order valence-corrected chi connectivity index (χ0v) is 13.5. The van der Waals surface area contributed by atoms with E-state index < -0.39 is 11.9 Å². The van der Waals surface area contributed by atoms with Crippen molar-refractivity contribution in [3.63, 3.8) is 0 Å². The van der Waals surface area contributed by atoms with E-state index in [0.717, 1.165) is 10.8 Å². The molecule has 1 amide bonds. The largest absolute Gasteiger partial charge is 0.465 e. The predicted molar refractivity (Wildman–Crippen MR) is 89.6 cm³/mol. The average Bonchev–Trinajstić information content (AvgIpc) is 2.60. The van der Waals surface area contributed by atoms with Gasteiger partial charge in [-0.25, -0.2) is 0 Å². The van der Waals surface area contributed by atoms with Gasteiger partial charge in [-0.15, -0.1) is 0 Å². The maximum atomic E-state index is 12.8. The van der Waals surface area contributed by atoms with E-state index in [-0.39, 0.29) is 24.8 Å². The van der Waals surface area contributed by atoms with Crippen molar-refractivity contribution in [3.05, 3.63) is 48.0 Å². The molecule has 1 saturated heterocycles. The lowest BCUT2D eigenvalue weighted by atomic mass is 9.94. The van der Waals surface area contributed by atoms with E-state index in [4.69, 9.17) is 4.74 Å². The molecule has 1 heterocycles. The van der Waals surface area contributed by atoms with Crippen LogP contribution in [0.1, 0.15) is 23.7 Å². The Hall–Kier alpha value is -2.69. The highest BCUT2D eigenvalue weighted by Crippen LogP contribution is 2.23. The Bertz CT molecular complexity index is 794. The summed E-state index contributed by atoms with van der Waals surface area (Å²) in [7, 11) is 0. The van der Waals surface area contributed by atoms with Crippen molar-refractivity contribution in [2.45, 2.75) is 13.3 Å². The lowest BCUT2D eigenvalue weighted by Gasteiger charge is -2.30. The Morgan fingerprint density at radius 1 is 1.17 bits per heavy atom. The summed E-state index contributed by atoms with van der Waals surface area (Å²) in [5, 5.41) is 1.85. The van der Waals surface area contributed by atoms with Crippen molar-refractivity contribution in [1.29, 1.82) is 0 Å². The van der Waals surface area contributed by atoms with Gasteiger partial charge in [0, 0.05) is 12.1 Å². The number of piperidine rings is 1. The van der Waals surface area contributed by atoms with Crippen LogP contribution in [0.3, 0.4) is 0 Å². The molecule has 5 heteroatoms. The molecule has 0 spiro atoms. The number of ketones is 1. The number of ether oxygens (including phenoxy) is 1. The van der Waals surface area contributed by atoms with E-state index in [2.05, 4.69) is 0 Å². The molecule has 1 aliphatic heterocycles. The van der Waals surface area contributed by atoms with Crippen LogP contribution < -0.4 is 0 Å². The molecule has 1 aliphatic rings. The maximum Gasteiger partial charge on any atom is 0.316 e. The van der Waals surface area contributed by atoms with Gasteiger partial charge in [0.05, 0.1) is 13.2 Å². The second-order valence-corrected chi connectivity index (χ2v) is 5.81. The first-order valence-electron chi connectivity index (χ1n) is 8.08. The molecule has 0 bridgehead atoms. The van der Waals surface area contributed by atoms with Gasteiger partial charge in [-0.1, -0.05) is 36.4 Å². The third-order valence-corrected chi connectivity index (χ3v) is 4.30. The number of benzene rings is 2. The van der Waals surface area contributed by atoms with Crippen LogP contribution in [0.2, 0.25) is 0 Å². The molecule has 24 heavy (non-hydrogen) atoms. The van der Waals surface area contributed by atoms with Crippen LogP contribution in [0.25, 0.3) is 10.8 Å². The minimum Gasteiger partial charge on any atom is -0.465 e. The number of fused-ring (bicyclic) bond motifs is 1. The number of carbonyl (C=O) groups is 3. The molecule has 0 N–H and O–H groups in total. The molecule has 0 radical (unpaired) electrons. The molecule has 1 unspecified atom stereocenters. The highest BCUT2D eigenvalue weighted by molar-refractivity contribution is 6.09. The summed E-state index contributed by atoms with van der Waals surface area (Å²) in [5.74, 6) is -1.67. The average molecular weight is 325 g/mol. The highest BCUT2D eigenvalue weighted by Gasteiger charge is 2.35. The van der Waals surface area contributed by atoms with Crippen molar-refractivity contribution < 1.29 is 19.1 Å². The minimum absolute atomic E-state index is 0.0501. The summed E-state index contributed by atoms with van der Waals surface area (Å²) in [6.45, 7) is 2.28. The summed E-state index contributed by atoms with van der Waals surface area (Å²) in [6.07, 6.45) is 0.314. The number of nitrogens with zero attached hydrogens (tertiary/aromatic N) is 1. The molecule has 2 aromatic rings. The summed E-state index contributed by atoms with van der Waals surface area (Å²) in [4.78, 5) is 38.3. The zero-order chi connectivity index (χ0) is 17.1. The number of likely N-dealkylation sites (tertiary alicyclic amines) is 1. The summed E-state index contributed by atoms with van der Waals surface area (Å²) < 4.78 is 4.93. The number of Topliss-reactive ketones (excluding diaryl/α,β-unsaturated/α-hetero) is 1. The first-order chi connectivity index (χ1) is 11.6. The van der Waals surface area contributed by atoms with Gasteiger partial charge in [-0.3, -0.25) is 14.4 Å². The van der Waals surface area contributed by atoms with Gasteiger partial charge in [-0.05, 0) is 30.2 Å². The van der Waals surface area contributed by atoms with E-state index >= 15 is 0 Å². The number of carbonyl (C=O) groups excluding carboxylic acids is 3. The SMILES string of the molecule is CCOC(=O)C1CCN(C(=O)c2cccc3ccccc23)CC1=O. The number of esters is 1. The molecule has 1 fully saturated rings. The Morgan fingerprint density at radius 3 is 2.67 bits per heavy atom. The maximum absolute atomic E-state index is 12.8. The van der Waals surface area contributed by atoms with Crippen molar-refractivity contribution in [2.24, 2.45) is 5.92 Å². The normalized spacial score (nSPS) is 17.8. The molecule has 0 saturated carbocycles. The van der Waals surface area contributed by atoms with Crippen LogP contribution in [0, 0.1) is 5.92 Å². The van der Waals surface area contributed by atoms with E-state index in [1.54, 1.807) is 13.0 Å². The molecule has 2 aromatic carbocycles. The third kappa shape index (κ3) is 3.02. The van der Waals surface area contributed by atoms with Crippen LogP contribution >= 0.6 is 0 Å². The topological polar surface area (TPSA) is 63.7 Å². The molecule has 3 rings (SSSR count). The van der Waals surface area contributed by atoms with Crippen molar-refractivity contribution >= 4 is 28.4 Å². The van der Waals surface area contributed by atoms with Gasteiger partial charge in [0.2, 0.25) is 0 Å². The second-order valence-electron chi connectivity index (χ2n) is 5.81. The minimum atomic E-state index is -0.749. The first kappa shape index (κ1) is 16.2. The van der Waals surface area contributed by atoms with Gasteiger partial charge in [0.25, 0.3) is 5.91 Å². The van der Waals surface area contributed by atoms with Gasteiger partial charge < -0.3 is 9.64 Å². The monoisotopic (exact) mass is 325 g/mol. The Kier molecular flexibility index (Phi) is 4.60. The van der Waals surface area contributed by atoms with Crippen molar-refractivity contribution in [2.75, 3.05) is 19.7 Å². The van der Waals surface area contributed by atoms with Crippen molar-refractivity contribution in [1.82, 2.24) is 4.90 Å². The highest BCUT2D eigenvalue weighted by atomic mass is 16.5. The van der Waals surface area contributed by atoms with Crippen LogP contribution in [0.4, 0.5) is 0 Å². The molecule has 124 valence electrons. The quantitative estimate of drug-likeness (QED) is 0.642. The Morgan fingerprint density at radius 2 is 1.92 bits per heavy atom. The van der Waals surface area contributed by atoms with E-state index in [1.165, 1.54) is 4.90 Å². The van der Waals surface area contributed by atoms with Crippen LogP contribution in [-0.2, 0) is 14.3 Å². The van der Waals surface area contributed by atoms with Crippen molar-refractivity contribution in [3.8, 4) is 0 Å². The first-order valence-corrected chi connectivity index (χ1v) is 8.08. The van der Waals surface area contributed by atoms with Crippen LogP contribution in [-0.4, -0.2) is 42.3 Å². The molecule has 0 aromatic heterocycles. The second kappa shape index (κ2) is 6.83. The van der Waals surface area contributed by atoms with Gasteiger partial charge in [-0.2, -0.15) is 0 Å². The molecular weight excluding hydrogens is 306 g/mol. The number of hydrogen-bond donors (Lipinski definition) is 0. The third-order valence-electron chi connectivity index (χ3n) is 4.30. The van der Waals surface area contributed by atoms with Gasteiger partial charge >= 0.3 is 5.97 Å². The molecular formula is C19H19NO4. The molecule has 0 aliphatic carbocycles. The predicted octanol–water partition coefficient (Wildman–Crippen LogP) is 2.43. The summed E-state index contributed by atoms with van der Waals surface area (Å²) >= 11 is 0. The summed E-state index contributed by atoms with van der Waals surface area (Å²) in [6, 6.07) is 13.2. The summed E-state index contributed by atoms with van der Waals surface area (Å²) in [5.41, 5.74) is 0.579. The Balaban J connectivity index is 1.79. The van der Waals surface area contributed by atoms with Gasteiger partial charge in [0.1, 0.15) is 5.92 Å². The fourth-order valence-electron chi connectivity index (χ4n) is 3.07. The fourth-order valence-corrected chi connectivity index (χ4v) is 3.07. The van der Waals surface area contributed by atoms with Crippen LogP contribution in [0.15, 0.2) is 42.5 Å². The molecule has 1 atom stereocenters. The van der Waals surface area contributed by atoms with E-state index in [0.29, 0.717) is 18.5 Å². The zero-order valence-electron chi connectivity index (χ0n) is 13.5.